The SMILES string of the molecule is O=C1Nc2ccccc2C12CCNC2c1ccc(Br)cc1. The van der Waals surface area contributed by atoms with Crippen LogP contribution in [0.15, 0.2) is 53.0 Å². The number of anilines is 1. The molecule has 2 aliphatic heterocycles. The van der Waals surface area contributed by atoms with Gasteiger partial charge in [0.15, 0.2) is 0 Å². The second kappa shape index (κ2) is 4.68. The Morgan fingerprint density at radius 1 is 1.10 bits per heavy atom. The Morgan fingerprint density at radius 2 is 1.86 bits per heavy atom. The second-order valence-corrected chi connectivity index (χ2v) is 6.58. The number of benzene rings is 2. The highest BCUT2D eigenvalue weighted by Gasteiger charge is 2.55. The van der Waals surface area contributed by atoms with Crippen molar-refractivity contribution in [1.29, 1.82) is 0 Å². The third-order valence-corrected chi connectivity index (χ3v) is 5.15. The van der Waals surface area contributed by atoms with Crippen LogP contribution >= 0.6 is 15.9 Å². The monoisotopic (exact) mass is 342 g/mol. The molecular weight excluding hydrogens is 328 g/mol. The highest BCUT2D eigenvalue weighted by atomic mass is 79.9. The molecule has 1 fully saturated rings. The third-order valence-electron chi connectivity index (χ3n) is 4.63. The zero-order valence-corrected chi connectivity index (χ0v) is 13.0. The van der Waals surface area contributed by atoms with E-state index in [1.807, 2.05) is 30.3 Å². The molecule has 2 aromatic rings. The van der Waals surface area contributed by atoms with E-state index in [9.17, 15) is 4.79 Å². The molecule has 2 heterocycles. The number of halogens is 1. The Bertz CT molecular complexity index is 713. The van der Waals surface area contributed by atoms with Crippen LogP contribution in [0.2, 0.25) is 0 Å². The Balaban J connectivity index is 1.86. The Hall–Kier alpha value is -1.65. The van der Waals surface area contributed by atoms with Crippen LogP contribution in [-0.4, -0.2) is 12.5 Å². The van der Waals surface area contributed by atoms with Gasteiger partial charge in [0, 0.05) is 10.2 Å². The number of para-hydroxylation sites is 1. The lowest BCUT2D eigenvalue weighted by atomic mass is 9.73. The van der Waals surface area contributed by atoms with Gasteiger partial charge in [-0.3, -0.25) is 4.79 Å². The van der Waals surface area contributed by atoms with Gasteiger partial charge >= 0.3 is 0 Å². The number of amides is 1. The van der Waals surface area contributed by atoms with E-state index in [4.69, 9.17) is 0 Å². The molecule has 1 amide bonds. The molecule has 2 unspecified atom stereocenters. The van der Waals surface area contributed by atoms with Gasteiger partial charge in [0.2, 0.25) is 5.91 Å². The summed E-state index contributed by atoms with van der Waals surface area (Å²) in [4.78, 5) is 12.7. The first-order valence-electron chi connectivity index (χ1n) is 7.11. The van der Waals surface area contributed by atoms with Gasteiger partial charge in [-0.05, 0) is 42.3 Å². The molecule has 21 heavy (non-hydrogen) atoms. The lowest BCUT2D eigenvalue weighted by molar-refractivity contribution is -0.121. The van der Waals surface area contributed by atoms with Gasteiger partial charge in [-0.25, -0.2) is 0 Å². The minimum atomic E-state index is -0.482. The Labute approximate surface area is 131 Å². The first-order valence-corrected chi connectivity index (χ1v) is 7.91. The molecule has 2 N–H and O–H groups in total. The molecule has 4 heteroatoms. The molecule has 3 nitrogen and oxygen atoms in total. The molecule has 2 atom stereocenters. The van der Waals surface area contributed by atoms with E-state index in [0.717, 1.165) is 34.3 Å². The lowest BCUT2D eigenvalue weighted by Gasteiger charge is -2.29. The molecule has 0 aliphatic carbocycles. The summed E-state index contributed by atoms with van der Waals surface area (Å²) in [6.45, 7) is 0.850. The molecule has 1 saturated heterocycles. The summed E-state index contributed by atoms with van der Waals surface area (Å²) in [6.07, 6.45) is 0.830. The lowest BCUT2D eigenvalue weighted by Crippen LogP contribution is -2.39. The number of nitrogens with one attached hydrogen (secondary N) is 2. The molecule has 0 bridgehead atoms. The van der Waals surface area contributed by atoms with E-state index in [-0.39, 0.29) is 11.9 Å². The zero-order chi connectivity index (χ0) is 14.4. The van der Waals surface area contributed by atoms with Crippen LogP contribution in [0, 0.1) is 0 Å². The normalized spacial score (nSPS) is 26.9. The Kier molecular flexibility index (Phi) is 2.91. The maximum atomic E-state index is 12.7. The first kappa shape index (κ1) is 13.0. The van der Waals surface area contributed by atoms with E-state index in [1.54, 1.807) is 0 Å². The largest absolute Gasteiger partial charge is 0.325 e. The summed E-state index contributed by atoms with van der Waals surface area (Å²) in [5.74, 6) is 0.113. The highest BCUT2D eigenvalue weighted by Crippen LogP contribution is 2.50. The fourth-order valence-electron chi connectivity index (χ4n) is 3.66. The van der Waals surface area contributed by atoms with E-state index in [1.165, 1.54) is 0 Å². The first-order chi connectivity index (χ1) is 10.2. The molecule has 4 rings (SSSR count). The zero-order valence-electron chi connectivity index (χ0n) is 11.4. The summed E-state index contributed by atoms with van der Waals surface area (Å²) in [5.41, 5.74) is 2.74. The quantitative estimate of drug-likeness (QED) is 0.834. The number of hydrogen-bond acceptors (Lipinski definition) is 2. The van der Waals surface area contributed by atoms with Gasteiger partial charge in [0.05, 0.1) is 11.5 Å². The fraction of sp³-hybridized carbons (Fsp3) is 0.235. The van der Waals surface area contributed by atoms with E-state index in [0.29, 0.717) is 0 Å². The predicted molar refractivity (Wildman–Crippen MR) is 86.3 cm³/mol. The average molecular weight is 343 g/mol. The van der Waals surface area contributed by atoms with Crippen molar-refractivity contribution in [2.75, 3.05) is 11.9 Å². The summed E-state index contributed by atoms with van der Waals surface area (Å²) < 4.78 is 1.05. The summed E-state index contributed by atoms with van der Waals surface area (Å²) in [7, 11) is 0. The van der Waals surface area contributed by atoms with Crippen molar-refractivity contribution >= 4 is 27.5 Å². The van der Waals surface area contributed by atoms with E-state index < -0.39 is 5.41 Å². The summed E-state index contributed by atoms with van der Waals surface area (Å²) in [5, 5.41) is 6.57. The number of rotatable bonds is 1. The van der Waals surface area contributed by atoms with Crippen LogP contribution in [-0.2, 0) is 10.2 Å². The second-order valence-electron chi connectivity index (χ2n) is 5.66. The van der Waals surface area contributed by atoms with Crippen molar-refractivity contribution in [1.82, 2.24) is 5.32 Å². The van der Waals surface area contributed by atoms with Crippen molar-refractivity contribution in [2.45, 2.75) is 17.9 Å². The minimum absolute atomic E-state index is 0.0225. The van der Waals surface area contributed by atoms with Crippen LogP contribution in [0.25, 0.3) is 0 Å². The number of carbonyl (C=O) groups is 1. The number of hydrogen-bond donors (Lipinski definition) is 2. The molecule has 106 valence electrons. The smallest absolute Gasteiger partial charge is 0.237 e. The fourth-order valence-corrected chi connectivity index (χ4v) is 3.93. The standard InChI is InChI=1S/C17H15BrN2O/c18-12-7-5-11(6-8-12)15-17(9-10-19-15)13-3-1-2-4-14(13)20-16(17)21/h1-8,15,19H,9-10H2,(H,20,21). The molecule has 1 spiro atoms. The van der Waals surface area contributed by atoms with Crippen molar-refractivity contribution in [3.8, 4) is 0 Å². The van der Waals surface area contributed by atoms with Crippen LogP contribution in [0.4, 0.5) is 5.69 Å². The number of fused-ring (bicyclic) bond motifs is 2. The van der Waals surface area contributed by atoms with Crippen LogP contribution in [0.1, 0.15) is 23.6 Å². The Morgan fingerprint density at radius 3 is 2.67 bits per heavy atom. The highest BCUT2D eigenvalue weighted by molar-refractivity contribution is 9.10. The average Bonchev–Trinajstić information content (AvgIpc) is 3.05. The molecule has 2 aliphatic rings. The summed E-state index contributed by atoms with van der Waals surface area (Å²) >= 11 is 3.47. The van der Waals surface area contributed by atoms with E-state index >= 15 is 0 Å². The molecule has 0 radical (unpaired) electrons. The van der Waals surface area contributed by atoms with Gasteiger partial charge in [0.1, 0.15) is 0 Å². The van der Waals surface area contributed by atoms with Crippen molar-refractivity contribution < 1.29 is 4.79 Å². The summed E-state index contributed by atoms with van der Waals surface area (Å²) in [6, 6.07) is 16.3. The van der Waals surface area contributed by atoms with Crippen molar-refractivity contribution in [2.24, 2.45) is 0 Å². The third kappa shape index (κ3) is 1.79. The van der Waals surface area contributed by atoms with Gasteiger partial charge in [-0.2, -0.15) is 0 Å². The van der Waals surface area contributed by atoms with Crippen molar-refractivity contribution in [3.05, 3.63) is 64.1 Å². The van der Waals surface area contributed by atoms with Crippen LogP contribution in [0.5, 0.6) is 0 Å². The molecular formula is C17H15BrN2O. The predicted octanol–water partition coefficient (Wildman–Crippen LogP) is 3.37. The van der Waals surface area contributed by atoms with Gasteiger partial charge < -0.3 is 10.6 Å². The number of carbonyl (C=O) groups excluding carboxylic acids is 1. The van der Waals surface area contributed by atoms with Gasteiger partial charge in [-0.1, -0.05) is 46.3 Å². The van der Waals surface area contributed by atoms with Gasteiger partial charge in [0.25, 0.3) is 0 Å². The maximum Gasteiger partial charge on any atom is 0.237 e. The molecule has 0 saturated carbocycles. The van der Waals surface area contributed by atoms with Crippen molar-refractivity contribution in [3.63, 3.8) is 0 Å². The topological polar surface area (TPSA) is 41.1 Å². The molecule has 0 aromatic heterocycles. The van der Waals surface area contributed by atoms with Gasteiger partial charge in [-0.15, -0.1) is 0 Å². The minimum Gasteiger partial charge on any atom is -0.325 e. The maximum absolute atomic E-state index is 12.7. The molecule has 2 aromatic carbocycles. The van der Waals surface area contributed by atoms with Crippen LogP contribution in [0.3, 0.4) is 0 Å². The van der Waals surface area contributed by atoms with E-state index in [2.05, 4.69) is 44.8 Å². The van der Waals surface area contributed by atoms with Crippen LogP contribution < -0.4 is 10.6 Å².